The van der Waals surface area contributed by atoms with Gasteiger partial charge in [-0.05, 0) is 35.0 Å². The molecule has 7 heteroatoms. The third kappa shape index (κ3) is 3.11. The van der Waals surface area contributed by atoms with Gasteiger partial charge in [-0.3, -0.25) is 10.1 Å². The Morgan fingerprint density at radius 3 is 3.00 bits per heavy atom. The summed E-state index contributed by atoms with van der Waals surface area (Å²) in [5, 5.41) is 13.9. The number of halogens is 1. The van der Waals surface area contributed by atoms with E-state index in [9.17, 15) is 10.1 Å². The van der Waals surface area contributed by atoms with E-state index in [1.54, 1.807) is 13.2 Å². The molecule has 0 amide bonds. The predicted molar refractivity (Wildman–Crippen MR) is 74.2 cm³/mol. The fraction of sp³-hybridized carbons (Fsp3) is 0.250. The van der Waals surface area contributed by atoms with Crippen molar-refractivity contribution in [2.75, 3.05) is 11.9 Å². The molecule has 2 aromatic rings. The molecule has 0 aliphatic rings. The van der Waals surface area contributed by atoms with Gasteiger partial charge in [0.05, 0.1) is 15.7 Å². The lowest BCUT2D eigenvalue weighted by atomic mass is 10.2. The van der Waals surface area contributed by atoms with Gasteiger partial charge in [-0.25, -0.2) is 4.98 Å². The van der Waals surface area contributed by atoms with Crippen LogP contribution in [-0.2, 0) is 6.42 Å². The lowest BCUT2D eigenvalue weighted by Gasteiger charge is -2.08. The Balaban J connectivity index is 2.05. The fourth-order valence-corrected chi connectivity index (χ4v) is 2.08. The smallest absolute Gasteiger partial charge is 0.291 e. The molecule has 0 aliphatic heterocycles. The maximum absolute atomic E-state index is 10.8. The number of nitro groups is 1. The summed E-state index contributed by atoms with van der Waals surface area (Å²) in [5.41, 5.74) is 0.559. The van der Waals surface area contributed by atoms with Gasteiger partial charge >= 0.3 is 0 Å². The number of anilines is 1. The van der Waals surface area contributed by atoms with Crippen molar-refractivity contribution in [3.63, 3.8) is 0 Å². The molecular weight excluding hydrogens is 314 g/mol. The molecule has 0 saturated carbocycles. The van der Waals surface area contributed by atoms with Gasteiger partial charge in [-0.2, -0.15) is 0 Å². The molecule has 0 aliphatic carbocycles. The summed E-state index contributed by atoms with van der Waals surface area (Å²) < 4.78 is 5.83. The monoisotopic (exact) mass is 325 g/mol. The largest absolute Gasteiger partial charge is 0.469 e. The van der Waals surface area contributed by atoms with E-state index >= 15 is 0 Å². The van der Waals surface area contributed by atoms with Crippen LogP contribution in [0.4, 0.5) is 11.5 Å². The van der Waals surface area contributed by atoms with Crippen molar-refractivity contribution in [3.05, 3.63) is 50.5 Å². The van der Waals surface area contributed by atoms with E-state index in [0.717, 1.165) is 12.2 Å². The van der Waals surface area contributed by atoms with Crippen LogP contribution in [0.25, 0.3) is 0 Å². The topological polar surface area (TPSA) is 81.2 Å². The molecule has 0 saturated heterocycles. The van der Waals surface area contributed by atoms with Crippen LogP contribution in [0.15, 0.2) is 33.5 Å². The van der Waals surface area contributed by atoms with Gasteiger partial charge in [0.25, 0.3) is 5.69 Å². The molecule has 0 spiro atoms. The first-order chi connectivity index (χ1) is 9.09. The number of hydrogen-bond acceptors (Lipinski definition) is 5. The SMILES string of the molecule is Cc1c([N+](=O)[O-])cnc(NCCc2ccco2)c1Br. The second kappa shape index (κ2) is 5.83. The van der Waals surface area contributed by atoms with Crippen LogP contribution in [0.1, 0.15) is 11.3 Å². The average molecular weight is 326 g/mol. The molecule has 0 aromatic carbocycles. The number of nitrogens with one attached hydrogen (secondary N) is 1. The van der Waals surface area contributed by atoms with Crippen LogP contribution >= 0.6 is 15.9 Å². The molecule has 19 heavy (non-hydrogen) atoms. The second-order valence-corrected chi connectivity index (χ2v) is 4.74. The van der Waals surface area contributed by atoms with Crippen molar-refractivity contribution in [1.29, 1.82) is 0 Å². The minimum Gasteiger partial charge on any atom is -0.469 e. The van der Waals surface area contributed by atoms with Gasteiger partial charge in [-0.1, -0.05) is 0 Å². The maximum atomic E-state index is 10.8. The number of pyridine rings is 1. The van der Waals surface area contributed by atoms with Crippen LogP contribution in [-0.4, -0.2) is 16.5 Å². The van der Waals surface area contributed by atoms with E-state index in [1.807, 2.05) is 12.1 Å². The Morgan fingerprint density at radius 1 is 1.58 bits per heavy atom. The van der Waals surface area contributed by atoms with Gasteiger partial charge in [0.1, 0.15) is 17.8 Å². The highest BCUT2D eigenvalue weighted by atomic mass is 79.9. The highest BCUT2D eigenvalue weighted by molar-refractivity contribution is 9.10. The Hall–Kier alpha value is -1.89. The lowest BCUT2D eigenvalue weighted by Crippen LogP contribution is -2.07. The maximum Gasteiger partial charge on any atom is 0.291 e. The Labute approximate surface area is 118 Å². The van der Waals surface area contributed by atoms with E-state index in [-0.39, 0.29) is 5.69 Å². The first-order valence-electron chi connectivity index (χ1n) is 5.65. The number of furan rings is 1. The normalized spacial score (nSPS) is 10.4. The van der Waals surface area contributed by atoms with Gasteiger partial charge < -0.3 is 9.73 Å². The third-order valence-corrected chi connectivity index (χ3v) is 3.65. The zero-order chi connectivity index (χ0) is 13.8. The number of hydrogen-bond donors (Lipinski definition) is 1. The van der Waals surface area contributed by atoms with Crippen LogP contribution in [0.3, 0.4) is 0 Å². The van der Waals surface area contributed by atoms with Gasteiger partial charge in [0.15, 0.2) is 0 Å². The van der Waals surface area contributed by atoms with Crippen LogP contribution < -0.4 is 5.32 Å². The zero-order valence-corrected chi connectivity index (χ0v) is 11.8. The van der Waals surface area contributed by atoms with Crippen molar-refractivity contribution >= 4 is 27.4 Å². The molecule has 0 radical (unpaired) electrons. The number of aromatic nitrogens is 1. The van der Waals surface area contributed by atoms with E-state index < -0.39 is 4.92 Å². The molecule has 2 heterocycles. The molecule has 100 valence electrons. The highest BCUT2D eigenvalue weighted by Gasteiger charge is 2.16. The number of rotatable bonds is 5. The van der Waals surface area contributed by atoms with Gasteiger partial charge in [0, 0.05) is 18.5 Å². The van der Waals surface area contributed by atoms with Gasteiger partial charge in [-0.15, -0.1) is 0 Å². The molecule has 0 unspecified atom stereocenters. The van der Waals surface area contributed by atoms with Crippen molar-refractivity contribution in [1.82, 2.24) is 4.98 Å². The summed E-state index contributed by atoms with van der Waals surface area (Å²) in [6, 6.07) is 3.73. The minimum atomic E-state index is -0.445. The van der Waals surface area contributed by atoms with Crippen LogP contribution in [0.5, 0.6) is 0 Å². The van der Waals surface area contributed by atoms with E-state index in [4.69, 9.17) is 4.42 Å². The third-order valence-electron chi connectivity index (χ3n) is 2.68. The number of nitrogens with zero attached hydrogens (tertiary/aromatic N) is 2. The summed E-state index contributed by atoms with van der Waals surface area (Å²) in [7, 11) is 0. The first-order valence-corrected chi connectivity index (χ1v) is 6.44. The average Bonchev–Trinajstić information content (AvgIpc) is 2.87. The second-order valence-electron chi connectivity index (χ2n) is 3.94. The van der Waals surface area contributed by atoms with Crippen molar-refractivity contribution in [3.8, 4) is 0 Å². The zero-order valence-electron chi connectivity index (χ0n) is 10.2. The van der Waals surface area contributed by atoms with Crippen LogP contribution in [0.2, 0.25) is 0 Å². The lowest BCUT2D eigenvalue weighted by molar-refractivity contribution is -0.385. The standard InChI is InChI=1S/C12H12BrN3O3/c1-8-10(16(17)18)7-15-12(11(8)13)14-5-4-9-3-2-6-19-9/h2-3,6-7H,4-5H2,1H3,(H,14,15). The van der Waals surface area contributed by atoms with E-state index in [0.29, 0.717) is 22.4 Å². The molecule has 2 aromatic heterocycles. The highest BCUT2D eigenvalue weighted by Crippen LogP contribution is 2.30. The Bertz CT molecular complexity index is 584. The molecular formula is C12H12BrN3O3. The summed E-state index contributed by atoms with van der Waals surface area (Å²) in [5.74, 6) is 1.47. The predicted octanol–water partition coefficient (Wildman–Crippen LogP) is 3.31. The quantitative estimate of drug-likeness (QED) is 0.673. The Kier molecular flexibility index (Phi) is 4.16. The van der Waals surface area contributed by atoms with Crippen molar-refractivity contribution in [2.45, 2.75) is 13.3 Å². The van der Waals surface area contributed by atoms with E-state index in [1.165, 1.54) is 6.20 Å². The summed E-state index contributed by atoms with van der Waals surface area (Å²) in [4.78, 5) is 14.4. The summed E-state index contributed by atoms with van der Waals surface area (Å²) in [6.07, 6.45) is 3.60. The minimum absolute atomic E-state index is 0.00320. The van der Waals surface area contributed by atoms with E-state index in [2.05, 4.69) is 26.2 Å². The fourth-order valence-electron chi connectivity index (χ4n) is 1.64. The molecule has 0 fully saturated rings. The van der Waals surface area contributed by atoms with Crippen molar-refractivity contribution in [2.24, 2.45) is 0 Å². The van der Waals surface area contributed by atoms with Crippen LogP contribution in [0, 0.1) is 17.0 Å². The summed E-state index contributed by atoms with van der Waals surface area (Å²) >= 11 is 3.33. The van der Waals surface area contributed by atoms with Gasteiger partial charge in [0.2, 0.25) is 0 Å². The molecule has 2 rings (SSSR count). The van der Waals surface area contributed by atoms with Crippen molar-refractivity contribution < 1.29 is 9.34 Å². The molecule has 0 bridgehead atoms. The molecule has 0 atom stereocenters. The molecule has 1 N–H and O–H groups in total. The summed E-state index contributed by atoms with van der Waals surface area (Å²) in [6.45, 7) is 2.32. The molecule has 6 nitrogen and oxygen atoms in total. The Morgan fingerprint density at radius 2 is 2.37 bits per heavy atom. The first kappa shape index (κ1) is 13.5.